The van der Waals surface area contributed by atoms with Crippen molar-refractivity contribution in [2.75, 3.05) is 13.1 Å². The summed E-state index contributed by atoms with van der Waals surface area (Å²) < 4.78 is 0. The summed E-state index contributed by atoms with van der Waals surface area (Å²) in [5.41, 5.74) is -0.491. The third-order valence-corrected chi connectivity index (χ3v) is 2.78. The first-order valence-electron chi connectivity index (χ1n) is 7.03. The molecule has 0 aromatic rings. The summed E-state index contributed by atoms with van der Waals surface area (Å²) in [4.78, 5) is 25.0. The number of carboxylic acid groups (broad SMARTS) is 1. The number of amides is 1. The molecule has 0 unspecified atom stereocenters. The monoisotopic (exact) mass is 271 g/mol. The predicted octanol–water partition coefficient (Wildman–Crippen LogP) is 3.02. The Hall–Kier alpha value is -1.06. The largest absolute Gasteiger partial charge is 0.481 e. The molecule has 0 saturated carbocycles. The van der Waals surface area contributed by atoms with Crippen molar-refractivity contribution in [3.63, 3.8) is 0 Å². The van der Waals surface area contributed by atoms with E-state index in [0.29, 0.717) is 18.3 Å². The Morgan fingerprint density at radius 2 is 1.42 bits per heavy atom. The average Bonchev–Trinajstić information content (AvgIpc) is 2.11. The van der Waals surface area contributed by atoms with Gasteiger partial charge in [0.2, 0.25) is 5.91 Å². The molecule has 0 heterocycles. The standard InChI is InChI=1S/C15H29NO3/c1-11(2)9-16(10-12(3)4)13(17)7-15(5,6)8-14(18)19/h11-12H,7-10H2,1-6H3,(H,18,19). The normalized spacial score (nSPS) is 12.0. The second-order valence-corrected chi connectivity index (χ2v) is 7.00. The maximum absolute atomic E-state index is 12.3. The Bertz CT molecular complexity index is 299. The van der Waals surface area contributed by atoms with Gasteiger partial charge in [0.05, 0.1) is 6.42 Å². The summed E-state index contributed by atoms with van der Waals surface area (Å²) in [7, 11) is 0. The molecule has 0 aliphatic carbocycles. The Morgan fingerprint density at radius 1 is 1.00 bits per heavy atom. The van der Waals surface area contributed by atoms with Crippen LogP contribution >= 0.6 is 0 Å². The van der Waals surface area contributed by atoms with Crippen molar-refractivity contribution in [3.05, 3.63) is 0 Å². The van der Waals surface area contributed by atoms with Crippen molar-refractivity contribution in [2.24, 2.45) is 17.3 Å². The van der Waals surface area contributed by atoms with Gasteiger partial charge in [0.25, 0.3) is 0 Å². The van der Waals surface area contributed by atoms with E-state index in [2.05, 4.69) is 27.7 Å². The van der Waals surface area contributed by atoms with E-state index in [4.69, 9.17) is 5.11 Å². The van der Waals surface area contributed by atoms with Gasteiger partial charge in [0.15, 0.2) is 0 Å². The molecule has 1 N–H and O–H groups in total. The van der Waals surface area contributed by atoms with Crippen LogP contribution in [0, 0.1) is 17.3 Å². The predicted molar refractivity (Wildman–Crippen MR) is 76.9 cm³/mol. The molecule has 4 nitrogen and oxygen atoms in total. The highest BCUT2D eigenvalue weighted by Gasteiger charge is 2.28. The Morgan fingerprint density at radius 3 is 1.74 bits per heavy atom. The minimum absolute atomic E-state index is 0.0237. The number of carbonyl (C=O) groups excluding carboxylic acids is 1. The fourth-order valence-electron chi connectivity index (χ4n) is 2.15. The van der Waals surface area contributed by atoms with Crippen LogP contribution in [-0.4, -0.2) is 35.0 Å². The summed E-state index contributed by atoms with van der Waals surface area (Å²) in [5.74, 6) is 0.0568. The number of rotatable bonds is 8. The van der Waals surface area contributed by atoms with E-state index in [1.54, 1.807) is 0 Å². The van der Waals surface area contributed by atoms with Crippen LogP contribution in [0.25, 0.3) is 0 Å². The van der Waals surface area contributed by atoms with E-state index >= 15 is 0 Å². The average molecular weight is 271 g/mol. The zero-order chi connectivity index (χ0) is 15.2. The molecular formula is C15H29NO3. The highest BCUT2D eigenvalue weighted by Crippen LogP contribution is 2.26. The summed E-state index contributed by atoms with van der Waals surface area (Å²) in [6.45, 7) is 13.5. The van der Waals surface area contributed by atoms with Crippen molar-refractivity contribution >= 4 is 11.9 Å². The van der Waals surface area contributed by atoms with E-state index < -0.39 is 11.4 Å². The molecule has 0 radical (unpaired) electrons. The number of hydrogen-bond donors (Lipinski definition) is 1. The molecule has 0 aliphatic heterocycles. The molecule has 0 rings (SSSR count). The smallest absolute Gasteiger partial charge is 0.303 e. The van der Waals surface area contributed by atoms with Crippen molar-refractivity contribution in [3.8, 4) is 0 Å². The number of aliphatic carboxylic acids is 1. The van der Waals surface area contributed by atoms with Gasteiger partial charge in [-0.1, -0.05) is 41.5 Å². The highest BCUT2D eigenvalue weighted by molar-refractivity contribution is 5.78. The van der Waals surface area contributed by atoms with Gasteiger partial charge in [-0.2, -0.15) is 0 Å². The van der Waals surface area contributed by atoms with Crippen molar-refractivity contribution < 1.29 is 14.7 Å². The maximum Gasteiger partial charge on any atom is 0.303 e. The van der Waals surface area contributed by atoms with E-state index in [1.165, 1.54) is 0 Å². The zero-order valence-electron chi connectivity index (χ0n) is 13.2. The van der Waals surface area contributed by atoms with Crippen LogP contribution in [0.4, 0.5) is 0 Å². The van der Waals surface area contributed by atoms with Crippen LogP contribution in [0.2, 0.25) is 0 Å². The lowest BCUT2D eigenvalue weighted by molar-refractivity contribution is -0.141. The summed E-state index contributed by atoms with van der Waals surface area (Å²) in [6, 6.07) is 0. The molecule has 0 spiro atoms. The highest BCUT2D eigenvalue weighted by atomic mass is 16.4. The first-order chi connectivity index (χ1) is 8.53. The van der Waals surface area contributed by atoms with Crippen molar-refractivity contribution in [1.29, 1.82) is 0 Å². The molecule has 1 amide bonds. The molecule has 0 aromatic carbocycles. The lowest BCUT2D eigenvalue weighted by Crippen LogP contribution is -2.39. The molecule has 0 aliphatic rings. The molecule has 19 heavy (non-hydrogen) atoms. The zero-order valence-corrected chi connectivity index (χ0v) is 13.2. The Kier molecular flexibility index (Phi) is 7.09. The van der Waals surface area contributed by atoms with Crippen LogP contribution in [0.3, 0.4) is 0 Å². The van der Waals surface area contributed by atoms with Crippen LogP contribution < -0.4 is 0 Å². The van der Waals surface area contributed by atoms with Crippen LogP contribution in [0.5, 0.6) is 0 Å². The van der Waals surface area contributed by atoms with Gasteiger partial charge in [-0.15, -0.1) is 0 Å². The second-order valence-electron chi connectivity index (χ2n) is 7.00. The Balaban J connectivity index is 4.66. The van der Waals surface area contributed by atoms with E-state index in [0.717, 1.165) is 13.1 Å². The van der Waals surface area contributed by atoms with Crippen LogP contribution in [0.15, 0.2) is 0 Å². The number of nitrogens with zero attached hydrogens (tertiary/aromatic N) is 1. The van der Waals surface area contributed by atoms with Crippen molar-refractivity contribution in [1.82, 2.24) is 4.90 Å². The van der Waals surface area contributed by atoms with Gasteiger partial charge >= 0.3 is 5.97 Å². The number of carboxylic acids is 1. The minimum Gasteiger partial charge on any atom is -0.481 e. The first-order valence-corrected chi connectivity index (χ1v) is 7.03. The molecule has 0 aromatic heterocycles. The van der Waals surface area contributed by atoms with E-state index in [1.807, 2.05) is 18.7 Å². The first kappa shape index (κ1) is 17.9. The summed E-state index contributed by atoms with van der Waals surface area (Å²) >= 11 is 0. The van der Waals surface area contributed by atoms with Gasteiger partial charge in [0.1, 0.15) is 0 Å². The fourth-order valence-corrected chi connectivity index (χ4v) is 2.15. The molecular weight excluding hydrogens is 242 g/mol. The molecule has 112 valence electrons. The lowest BCUT2D eigenvalue weighted by Gasteiger charge is -2.30. The third kappa shape index (κ3) is 8.62. The SMILES string of the molecule is CC(C)CN(CC(C)C)C(=O)CC(C)(C)CC(=O)O. The van der Waals surface area contributed by atoms with Gasteiger partial charge < -0.3 is 10.0 Å². The minimum atomic E-state index is -0.850. The number of carbonyl (C=O) groups is 2. The fraction of sp³-hybridized carbons (Fsp3) is 0.867. The van der Waals surface area contributed by atoms with Gasteiger partial charge in [-0.25, -0.2) is 0 Å². The lowest BCUT2D eigenvalue weighted by atomic mass is 9.85. The van der Waals surface area contributed by atoms with Crippen LogP contribution in [-0.2, 0) is 9.59 Å². The van der Waals surface area contributed by atoms with E-state index in [-0.39, 0.29) is 12.3 Å². The van der Waals surface area contributed by atoms with Gasteiger partial charge in [0, 0.05) is 19.5 Å². The molecule has 0 saturated heterocycles. The quantitative estimate of drug-likeness (QED) is 0.738. The van der Waals surface area contributed by atoms with Gasteiger partial charge in [-0.05, 0) is 17.3 Å². The molecule has 0 atom stereocenters. The van der Waals surface area contributed by atoms with Gasteiger partial charge in [-0.3, -0.25) is 9.59 Å². The van der Waals surface area contributed by atoms with Crippen LogP contribution in [0.1, 0.15) is 54.4 Å². The maximum atomic E-state index is 12.3. The third-order valence-electron chi connectivity index (χ3n) is 2.78. The molecule has 0 bridgehead atoms. The van der Waals surface area contributed by atoms with Crippen molar-refractivity contribution in [2.45, 2.75) is 54.4 Å². The number of hydrogen-bond acceptors (Lipinski definition) is 2. The molecule has 4 heteroatoms. The summed E-state index contributed by atoms with van der Waals surface area (Å²) in [6.07, 6.45) is 0.314. The summed E-state index contributed by atoms with van der Waals surface area (Å²) in [5, 5.41) is 8.87. The topological polar surface area (TPSA) is 57.6 Å². The molecule has 0 fully saturated rings. The Labute approximate surface area is 117 Å². The van der Waals surface area contributed by atoms with E-state index in [9.17, 15) is 9.59 Å². The second kappa shape index (κ2) is 7.51.